The van der Waals surface area contributed by atoms with Gasteiger partial charge in [-0.2, -0.15) is 0 Å². The largest absolute Gasteiger partial charge is 0.464 e. The summed E-state index contributed by atoms with van der Waals surface area (Å²) in [5, 5.41) is 5.40. The Labute approximate surface area is 198 Å². The quantitative estimate of drug-likeness (QED) is 0.327. The van der Waals surface area contributed by atoms with Gasteiger partial charge in [-0.25, -0.2) is 14.8 Å². The fourth-order valence-corrected chi connectivity index (χ4v) is 4.56. The van der Waals surface area contributed by atoms with Crippen molar-refractivity contribution in [3.63, 3.8) is 0 Å². The van der Waals surface area contributed by atoms with Crippen molar-refractivity contribution in [1.82, 2.24) is 9.97 Å². The van der Waals surface area contributed by atoms with E-state index in [1.165, 1.54) is 5.56 Å². The lowest BCUT2D eigenvalue weighted by atomic mass is 10.1. The van der Waals surface area contributed by atoms with E-state index in [9.17, 15) is 4.79 Å². The van der Waals surface area contributed by atoms with Gasteiger partial charge < -0.3 is 10.1 Å². The number of esters is 1. The number of carbonyl (C=O) groups is 1. The van der Waals surface area contributed by atoms with Gasteiger partial charge in [0.15, 0.2) is 0 Å². The summed E-state index contributed by atoms with van der Waals surface area (Å²) in [4.78, 5) is 23.6. The summed E-state index contributed by atoms with van der Waals surface area (Å²) in [6, 6.07) is 21.7. The van der Waals surface area contributed by atoms with E-state index in [1.54, 1.807) is 17.5 Å². The van der Waals surface area contributed by atoms with Crippen LogP contribution in [-0.4, -0.2) is 28.6 Å². The Kier molecular flexibility index (Phi) is 7.47. The van der Waals surface area contributed by atoms with Crippen molar-refractivity contribution in [3.05, 3.63) is 100 Å². The molecule has 1 unspecified atom stereocenters. The maximum atomic E-state index is 12.8. The maximum absolute atomic E-state index is 12.8. The molecule has 6 heteroatoms. The Balaban J connectivity index is 1.68. The monoisotopic (exact) mass is 457 g/mol. The van der Waals surface area contributed by atoms with E-state index in [1.807, 2.05) is 60.8 Å². The molecule has 1 atom stereocenters. The van der Waals surface area contributed by atoms with Crippen LogP contribution < -0.4 is 5.32 Å². The number of aryl methyl sites for hydroxylation is 1. The highest BCUT2D eigenvalue weighted by Crippen LogP contribution is 2.24. The van der Waals surface area contributed by atoms with Gasteiger partial charge >= 0.3 is 5.97 Å². The van der Waals surface area contributed by atoms with Gasteiger partial charge in [0.2, 0.25) is 0 Å². The van der Waals surface area contributed by atoms with Gasteiger partial charge in [-0.3, -0.25) is 0 Å². The van der Waals surface area contributed by atoms with E-state index in [4.69, 9.17) is 14.7 Å². The summed E-state index contributed by atoms with van der Waals surface area (Å²) in [7, 11) is 0. The Morgan fingerprint density at radius 1 is 1.06 bits per heavy atom. The van der Waals surface area contributed by atoms with Crippen molar-refractivity contribution in [2.75, 3.05) is 11.9 Å². The topological polar surface area (TPSA) is 64.1 Å². The molecule has 2 aromatic carbocycles. The molecule has 0 bridgehead atoms. The summed E-state index contributed by atoms with van der Waals surface area (Å²) in [6.07, 6.45) is 2.89. The lowest BCUT2D eigenvalue weighted by molar-refractivity contribution is -0.144. The number of thiophene rings is 1. The molecule has 5 nitrogen and oxygen atoms in total. The first-order valence-corrected chi connectivity index (χ1v) is 11.9. The summed E-state index contributed by atoms with van der Waals surface area (Å²) >= 11 is 1.65. The second-order valence-corrected chi connectivity index (χ2v) is 8.76. The number of nitrogens with zero attached hydrogens (tertiary/aromatic N) is 2. The van der Waals surface area contributed by atoms with Crippen molar-refractivity contribution in [2.24, 2.45) is 0 Å². The Morgan fingerprint density at radius 3 is 2.45 bits per heavy atom. The highest BCUT2D eigenvalue weighted by Gasteiger charge is 2.24. The summed E-state index contributed by atoms with van der Waals surface area (Å²) in [5.41, 5.74) is 4.89. The summed E-state index contributed by atoms with van der Waals surface area (Å²) in [6.45, 7) is 4.21. The van der Waals surface area contributed by atoms with Gasteiger partial charge in [0.25, 0.3) is 0 Å². The molecule has 0 spiro atoms. The average Bonchev–Trinajstić information content (AvgIpc) is 3.25. The van der Waals surface area contributed by atoms with Crippen LogP contribution in [0.4, 0.5) is 5.82 Å². The molecule has 2 heterocycles. The van der Waals surface area contributed by atoms with E-state index in [2.05, 4.69) is 30.4 Å². The van der Waals surface area contributed by atoms with Crippen LogP contribution in [0.1, 0.15) is 28.6 Å². The standard InChI is InChI=1S/C27H27N3O2S/c1-3-32-27(31)23(17-25-19(2)14-15-33-25)30-26-22(16-20-10-6-4-7-11-20)29-24(18-28-26)21-12-8-5-9-13-21/h4-15,18,23H,3,16-17H2,1-2H3,(H,28,30). The first-order valence-electron chi connectivity index (χ1n) is 11.1. The molecular formula is C27H27N3O2S. The fourth-order valence-electron chi connectivity index (χ4n) is 3.61. The molecule has 0 fully saturated rings. The molecule has 0 aliphatic carbocycles. The van der Waals surface area contributed by atoms with Gasteiger partial charge in [-0.05, 0) is 36.4 Å². The van der Waals surface area contributed by atoms with Crippen LogP contribution in [0.2, 0.25) is 0 Å². The van der Waals surface area contributed by atoms with Crippen molar-refractivity contribution < 1.29 is 9.53 Å². The number of ether oxygens (including phenoxy) is 1. The lowest BCUT2D eigenvalue weighted by Gasteiger charge is -2.20. The number of hydrogen-bond donors (Lipinski definition) is 1. The number of anilines is 1. The minimum Gasteiger partial charge on any atom is -0.464 e. The fraction of sp³-hybridized carbons (Fsp3) is 0.222. The first kappa shape index (κ1) is 22.7. The molecule has 1 N–H and O–H groups in total. The van der Waals surface area contributed by atoms with E-state index in [0.29, 0.717) is 25.3 Å². The second kappa shape index (κ2) is 10.9. The normalized spacial score (nSPS) is 11.7. The molecule has 0 amide bonds. The molecule has 0 aliphatic rings. The van der Waals surface area contributed by atoms with E-state index in [0.717, 1.165) is 27.4 Å². The molecule has 4 rings (SSSR count). The van der Waals surface area contributed by atoms with E-state index >= 15 is 0 Å². The number of carbonyl (C=O) groups excluding carboxylic acids is 1. The number of hydrogen-bond acceptors (Lipinski definition) is 6. The predicted molar refractivity (Wildman–Crippen MR) is 134 cm³/mol. The minimum absolute atomic E-state index is 0.287. The third kappa shape index (κ3) is 5.84. The highest BCUT2D eigenvalue weighted by atomic mass is 32.1. The second-order valence-electron chi connectivity index (χ2n) is 7.76. The molecule has 2 aromatic heterocycles. The van der Waals surface area contributed by atoms with Crippen LogP contribution in [0.25, 0.3) is 11.3 Å². The highest BCUT2D eigenvalue weighted by molar-refractivity contribution is 7.10. The van der Waals surface area contributed by atoms with E-state index in [-0.39, 0.29) is 5.97 Å². The summed E-state index contributed by atoms with van der Waals surface area (Å²) < 4.78 is 5.37. The summed E-state index contributed by atoms with van der Waals surface area (Å²) in [5.74, 6) is 0.315. The zero-order chi connectivity index (χ0) is 23.0. The van der Waals surface area contributed by atoms with Crippen LogP contribution in [0, 0.1) is 6.92 Å². The Morgan fingerprint density at radius 2 is 1.79 bits per heavy atom. The van der Waals surface area contributed by atoms with Crippen LogP contribution in [-0.2, 0) is 22.4 Å². The van der Waals surface area contributed by atoms with Crippen LogP contribution in [0.5, 0.6) is 0 Å². The van der Waals surface area contributed by atoms with Crippen LogP contribution in [0.3, 0.4) is 0 Å². The molecule has 0 aliphatic heterocycles. The first-order chi connectivity index (χ1) is 16.1. The van der Waals surface area contributed by atoms with Crippen molar-refractivity contribution in [1.29, 1.82) is 0 Å². The Bertz CT molecular complexity index is 1190. The van der Waals surface area contributed by atoms with Gasteiger partial charge in [0, 0.05) is 23.3 Å². The molecule has 4 aromatic rings. The zero-order valence-electron chi connectivity index (χ0n) is 18.8. The number of benzene rings is 2. The third-order valence-electron chi connectivity index (χ3n) is 5.37. The smallest absolute Gasteiger partial charge is 0.328 e. The Hall–Kier alpha value is -3.51. The SMILES string of the molecule is CCOC(=O)C(Cc1sccc1C)Nc1ncc(-c2ccccc2)nc1Cc1ccccc1. The average molecular weight is 458 g/mol. The number of aromatic nitrogens is 2. The molecule has 0 radical (unpaired) electrons. The van der Waals surface area contributed by atoms with Gasteiger partial charge in [-0.15, -0.1) is 11.3 Å². The van der Waals surface area contributed by atoms with Crippen molar-refractivity contribution >= 4 is 23.1 Å². The van der Waals surface area contributed by atoms with E-state index < -0.39 is 6.04 Å². The van der Waals surface area contributed by atoms with Gasteiger partial charge in [0.05, 0.1) is 24.2 Å². The number of nitrogens with one attached hydrogen (secondary N) is 1. The molecule has 0 saturated carbocycles. The van der Waals surface area contributed by atoms with Crippen molar-refractivity contribution in [2.45, 2.75) is 32.7 Å². The van der Waals surface area contributed by atoms with Crippen LogP contribution >= 0.6 is 11.3 Å². The molecular weight excluding hydrogens is 430 g/mol. The number of rotatable bonds is 9. The maximum Gasteiger partial charge on any atom is 0.328 e. The van der Waals surface area contributed by atoms with Crippen molar-refractivity contribution in [3.8, 4) is 11.3 Å². The van der Waals surface area contributed by atoms with Crippen LogP contribution in [0.15, 0.2) is 78.3 Å². The van der Waals surface area contributed by atoms with Gasteiger partial charge in [-0.1, -0.05) is 60.7 Å². The molecule has 33 heavy (non-hydrogen) atoms. The molecule has 168 valence electrons. The minimum atomic E-state index is -0.548. The third-order valence-corrected chi connectivity index (χ3v) is 6.41. The predicted octanol–water partition coefficient (Wildman–Crippen LogP) is 5.69. The lowest BCUT2D eigenvalue weighted by Crippen LogP contribution is -2.34. The molecule has 0 saturated heterocycles. The van der Waals surface area contributed by atoms with Gasteiger partial charge in [0.1, 0.15) is 11.9 Å². The zero-order valence-corrected chi connectivity index (χ0v) is 19.6.